The molecule has 3 amide bonds. The summed E-state index contributed by atoms with van der Waals surface area (Å²) in [5.41, 5.74) is 1.79. The van der Waals surface area contributed by atoms with Crippen LogP contribution in [0.1, 0.15) is 13.8 Å². The van der Waals surface area contributed by atoms with Crippen LogP contribution in [0.15, 0.2) is 42.5 Å². The van der Waals surface area contributed by atoms with Gasteiger partial charge in [-0.25, -0.2) is 4.79 Å². The minimum Gasteiger partial charge on any atom is -0.482 e. The molecular weight excluding hydrogens is 342 g/mol. The van der Waals surface area contributed by atoms with Crippen LogP contribution in [0, 0.1) is 0 Å². The maximum absolute atomic E-state index is 12.2. The Labute approximate surface area is 150 Å². The number of hydrogen-bond acceptors (Lipinski definition) is 3. The Hall–Kier alpha value is -2.73. The molecule has 1 aliphatic heterocycles. The number of rotatable bonds is 3. The van der Waals surface area contributed by atoms with Gasteiger partial charge in [0, 0.05) is 22.4 Å². The molecule has 0 spiro atoms. The highest BCUT2D eigenvalue weighted by molar-refractivity contribution is 6.30. The predicted octanol–water partition coefficient (Wildman–Crippen LogP) is 4.12. The number of fused-ring (bicyclic) bond motifs is 1. The number of nitrogens with one attached hydrogen (secondary N) is 2. The summed E-state index contributed by atoms with van der Waals surface area (Å²) < 4.78 is 5.45. The smallest absolute Gasteiger partial charge is 0.323 e. The van der Waals surface area contributed by atoms with Crippen molar-refractivity contribution in [1.29, 1.82) is 0 Å². The Morgan fingerprint density at radius 2 is 1.88 bits per heavy atom. The van der Waals surface area contributed by atoms with Crippen molar-refractivity contribution in [3.05, 3.63) is 47.5 Å². The van der Waals surface area contributed by atoms with E-state index in [2.05, 4.69) is 10.6 Å². The second kappa shape index (κ2) is 7.03. The third-order valence-corrected chi connectivity index (χ3v) is 3.93. The van der Waals surface area contributed by atoms with Crippen molar-refractivity contribution < 1.29 is 14.3 Å². The lowest BCUT2D eigenvalue weighted by atomic mass is 10.1. The topological polar surface area (TPSA) is 70.7 Å². The van der Waals surface area contributed by atoms with Gasteiger partial charge in [-0.2, -0.15) is 0 Å². The average Bonchev–Trinajstić information content (AvgIpc) is 2.54. The van der Waals surface area contributed by atoms with Gasteiger partial charge in [0.05, 0.1) is 5.69 Å². The first-order chi connectivity index (χ1) is 11.9. The van der Waals surface area contributed by atoms with E-state index in [1.165, 1.54) is 0 Å². The van der Waals surface area contributed by atoms with E-state index in [0.717, 1.165) is 0 Å². The zero-order valence-electron chi connectivity index (χ0n) is 13.9. The SMILES string of the molecule is CC(C)N1C(=O)COc2ccc(NC(=O)Nc3cccc(Cl)c3)cc21. The Balaban J connectivity index is 1.77. The van der Waals surface area contributed by atoms with Crippen LogP contribution in [0.3, 0.4) is 0 Å². The molecule has 0 aromatic heterocycles. The molecule has 0 unspecified atom stereocenters. The quantitative estimate of drug-likeness (QED) is 0.866. The van der Waals surface area contributed by atoms with Crippen LogP contribution in [-0.4, -0.2) is 24.6 Å². The molecule has 2 N–H and O–H groups in total. The predicted molar refractivity (Wildman–Crippen MR) is 98.7 cm³/mol. The van der Waals surface area contributed by atoms with Crippen molar-refractivity contribution in [3.8, 4) is 5.75 Å². The number of anilines is 3. The molecule has 2 aromatic rings. The molecule has 6 nitrogen and oxygen atoms in total. The number of halogens is 1. The Morgan fingerprint density at radius 1 is 1.16 bits per heavy atom. The molecule has 0 aliphatic carbocycles. The standard InChI is InChI=1S/C18H18ClN3O3/c1-11(2)22-15-9-14(6-7-16(15)25-10-17(22)23)21-18(24)20-13-5-3-4-12(19)8-13/h3-9,11H,10H2,1-2H3,(H2,20,21,24). The number of ether oxygens (including phenoxy) is 1. The van der Waals surface area contributed by atoms with E-state index in [0.29, 0.717) is 27.8 Å². The summed E-state index contributed by atoms with van der Waals surface area (Å²) in [5.74, 6) is 0.511. The van der Waals surface area contributed by atoms with Crippen LogP contribution in [0.2, 0.25) is 5.02 Å². The van der Waals surface area contributed by atoms with Gasteiger partial charge in [-0.1, -0.05) is 17.7 Å². The van der Waals surface area contributed by atoms with Gasteiger partial charge in [-0.3, -0.25) is 4.79 Å². The zero-order valence-corrected chi connectivity index (χ0v) is 14.6. The summed E-state index contributed by atoms with van der Waals surface area (Å²) in [5, 5.41) is 5.99. The molecule has 25 heavy (non-hydrogen) atoms. The molecule has 0 bridgehead atoms. The molecular formula is C18H18ClN3O3. The van der Waals surface area contributed by atoms with E-state index in [-0.39, 0.29) is 18.6 Å². The van der Waals surface area contributed by atoms with Crippen LogP contribution >= 0.6 is 11.6 Å². The van der Waals surface area contributed by atoms with Crippen LogP contribution < -0.4 is 20.3 Å². The summed E-state index contributed by atoms with van der Waals surface area (Å²) in [7, 11) is 0. The first-order valence-corrected chi connectivity index (χ1v) is 8.24. The second-order valence-electron chi connectivity index (χ2n) is 5.92. The number of urea groups is 1. The molecule has 7 heteroatoms. The van der Waals surface area contributed by atoms with Gasteiger partial charge in [0.2, 0.25) is 0 Å². The van der Waals surface area contributed by atoms with Crippen LogP contribution in [0.5, 0.6) is 5.75 Å². The molecule has 1 aliphatic rings. The number of carbonyl (C=O) groups is 2. The fourth-order valence-electron chi connectivity index (χ4n) is 2.67. The Kier molecular flexibility index (Phi) is 4.81. The fraction of sp³-hybridized carbons (Fsp3) is 0.222. The van der Waals surface area contributed by atoms with E-state index < -0.39 is 6.03 Å². The molecule has 0 radical (unpaired) electrons. The number of benzene rings is 2. The maximum Gasteiger partial charge on any atom is 0.323 e. The Morgan fingerprint density at radius 3 is 2.56 bits per heavy atom. The number of nitrogens with zero attached hydrogens (tertiary/aromatic N) is 1. The van der Waals surface area contributed by atoms with E-state index in [1.807, 2.05) is 13.8 Å². The average molecular weight is 360 g/mol. The Bertz CT molecular complexity index is 823. The van der Waals surface area contributed by atoms with Crippen LogP contribution in [-0.2, 0) is 4.79 Å². The molecule has 0 atom stereocenters. The zero-order chi connectivity index (χ0) is 18.0. The first kappa shape index (κ1) is 17.1. The van der Waals surface area contributed by atoms with Gasteiger partial charge >= 0.3 is 6.03 Å². The van der Waals surface area contributed by atoms with Gasteiger partial charge < -0.3 is 20.3 Å². The van der Waals surface area contributed by atoms with Crippen LogP contribution in [0.25, 0.3) is 0 Å². The molecule has 2 aromatic carbocycles. The van der Waals surface area contributed by atoms with E-state index in [9.17, 15) is 9.59 Å². The van der Waals surface area contributed by atoms with Crippen molar-refractivity contribution in [2.24, 2.45) is 0 Å². The van der Waals surface area contributed by atoms with Crippen molar-refractivity contribution in [3.63, 3.8) is 0 Å². The van der Waals surface area contributed by atoms with Crippen molar-refractivity contribution in [2.45, 2.75) is 19.9 Å². The highest BCUT2D eigenvalue weighted by Gasteiger charge is 2.27. The van der Waals surface area contributed by atoms with Gasteiger partial charge in [0.25, 0.3) is 5.91 Å². The van der Waals surface area contributed by atoms with E-state index >= 15 is 0 Å². The van der Waals surface area contributed by atoms with Gasteiger partial charge in [0.15, 0.2) is 6.61 Å². The maximum atomic E-state index is 12.2. The normalized spacial score (nSPS) is 13.3. The summed E-state index contributed by atoms with van der Waals surface area (Å²) in [4.78, 5) is 25.9. The first-order valence-electron chi connectivity index (χ1n) is 7.86. The highest BCUT2D eigenvalue weighted by atomic mass is 35.5. The highest BCUT2D eigenvalue weighted by Crippen LogP contribution is 2.35. The van der Waals surface area contributed by atoms with Crippen molar-refractivity contribution >= 4 is 40.6 Å². The lowest BCUT2D eigenvalue weighted by Gasteiger charge is -2.32. The van der Waals surface area contributed by atoms with Crippen molar-refractivity contribution in [2.75, 3.05) is 22.1 Å². The third kappa shape index (κ3) is 3.85. The van der Waals surface area contributed by atoms with E-state index in [1.54, 1.807) is 47.4 Å². The van der Waals surface area contributed by atoms with Gasteiger partial charge in [-0.05, 0) is 50.2 Å². The minimum absolute atomic E-state index is 0.00862. The fourth-order valence-corrected chi connectivity index (χ4v) is 2.86. The van der Waals surface area contributed by atoms with E-state index in [4.69, 9.17) is 16.3 Å². The molecule has 0 fully saturated rings. The number of amides is 3. The van der Waals surface area contributed by atoms with Gasteiger partial charge in [0.1, 0.15) is 5.75 Å². The molecule has 0 saturated heterocycles. The molecule has 130 valence electrons. The molecule has 1 heterocycles. The third-order valence-electron chi connectivity index (χ3n) is 3.70. The summed E-state index contributed by atoms with van der Waals surface area (Å²) in [6, 6.07) is 11.7. The van der Waals surface area contributed by atoms with Gasteiger partial charge in [-0.15, -0.1) is 0 Å². The largest absolute Gasteiger partial charge is 0.482 e. The number of carbonyl (C=O) groups excluding carboxylic acids is 2. The molecule has 0 saturated carbocycles. The summed E-state index contributed by atoms with van der Waals surface area (Å²) in [6.45, 7) is 3.88. The van der Waals surface area contributed by atoms with Crippen LogP contribution in [0.4, 0.5) is 21.9 Å². The lowest BCUT2D eigenvalue weighted by molar-refractivity contribution is -0.121. The molecule has 3 rings (SSSR count). The lowest BCUT2D eigenvalue weighted by Crippen LogP contribution is -2.43. The monoisotopic (exact) mass is 359 g/mol. The van der Waals surface area contributed by atoms with Crippen molar-refractivity contribution in [1.82, 2.24) is 0 Å². The minimum atomic E-state index is -0.402. The summed E-state index contributed by atoms with van der Waals surface area (Å²) >= 11 is 5.90. The second-order valence-corrected chi connectivity index (χ2v) is 6.35. The number of hydrogen-bond donors (Lipinski definition) is 2. The summed E-state index contributed by atoms with van der Waals surface area (Å²) in [6.07, 6.45) is 0.